The van der Waals surface area contributed by atoms with Crippen LogP contribution in [0.3, 0.4) is 0 Å². The molecular formula is C15H21N3O3. The number of benzene rings is 1. The number of rotatable bonds is 6. The Morgan fingerprint density at radius 3 is 2.19 bits per heavy atom. The van der Waals surface area contributed by atoms with Gasteiger partial charge in [-0.3, -0.25) is 14.4 Å². The quantitative estimate of drug-likeness (QED) is 0.735. The van der Waals surface area contributed by atoms with Crippen LogP contribution in [0, 0.1) is 5.92 Å². The topological polar surface area (TPSA) is 101 Å². The van der Waals surface area contributed by atoms with E-state index in [1.54, 1.807) is 24.3 Å². The van der Waals surface area contributed by atoms with Crippen LogP contribution in [0.5, 0.6) is 0 Å². The van der Waals surface area contributed by atoms with Gasteiger partial charge in [0.1, 0.15) is 6.04 Å². The van der Waals surface area contributed by atoms with Gasteiger partial charge in [0.25, 0.3) is 5.91 Å². The van der Waals surface area contributed by atoms with E-state index in [2.05, 4.69) is 10.6 Å². The van der Waals surface area contributed by atoms with Gasteiger partial charge in [-0.2, -0.15) is 0 Å². The van der Waals surface area contributed by atoms with E-state index < -0.39 is 11.9 Å². The average molecular weight is 291 g/mol. The molecule has 114 valence electrons. The summed E-state index contributed by atoms with van der Waals surface area (Å²) in [6.45, 7) is 5.19. The van der Waals surface area contributed by atoms with Crippen molar-refractivity contribution >= 4 is 23.4 Å². The summed E-state index contributed by atoms with van der Waals surface area (Å²) in [7, 11) is 0. The zero-order valence-electron chi connectivity index (χ0n) is 12.5. The van der Waals surface area contributed by atoms with E-state index in [0.29, 0.717) is 11.3 Å². The molecule has 0 radical (unpaired) electrons. The Labute approximate surface area is 124 Å². The minimum Gasteiger partial charge on any atom is -0.368 e. The van der Waals surface area contributed by atoms with E-state index in [4.69, 9.17) is 5.73 Å². The van der Waals surface area contributed by atoms with Crippen molar-refractivity contribution < 1.29 is 14.4 Å². The fourth-order valence-electron chi connectivity index (χ4n) is 1.86. The van der Waals surface area contributed by atoms with E-state index in [0.717, 1.165) is 6.42 Å². The Hall–Kier alpha value is -2.37. The maximum atomic E-state index is 12.1. The summed E-state index contributed by atoms with van der Waals surface area (Å²) in [5, 5.41) is 5.26. The van der Waals surface area contributed by atoms with Crippen molar-refractivity contribution in [2.24, 2.45) is 11.7 Å². The first-order valence-electron chi connectivity index (χ1n) is 6.83. The number of carbonyl (C=O) groups is 3. The first-order valence-corrected chi connectivity index (χ1v) is 6.83. The van der Waals surface area contributed by atoms with Gasteiger partial charge in [0.2, 0.25) is 11.8 Å². The second kappa shape index (κ2) is 7.42. The van der Waals surface area contributed by atoms with Crippen molar-refractivity contribution in [2.45, 2.75) is 33.2 Å². The highest BCUT2D eigenvalue weighted by atomic mass is 16.2. The van der Waals surface area contributed by atoms with E-state index >= 15 is 0 Å². The molecule has 0 fully saturated rings. The molecule has 0 spiro atoms. The summed E-state index contributed by atoms with van der Waals surface area (Å²) in [6, 6.07) is 5.71. The molecule has 4 N–H and O–H groups in total. The Morgan fingerprint density at radius 1 is 1.19 bits per heavy atom. The first-order chi connectivity index (χ1) is 9.85. The van der Waals surface area contributed by atoms with Gasteiger partial charge in [-0.1, -0.05) is 20.3 Å². The van der Waals surface area contributed by atoms with Crippen LogP contribution in [-0.4, -0.2) is 23.8 Å². The van der Waals surface area contributed by atoms with Crippen molar-refractivity contribution in [2.75, 3.05) is 5.32 Å². The summed E-state index contributed by atoms with van der Waals surface area (Å²) < 4.78 is 0. The molecule has 0 aliphatic heterocycles. The molecule has 1 aromatic rings. The molecule has 0 unspecified atom stereocenters. The van der Waals surface area contributed by atoms with Crippen LogP contribution >= 0.6 is 0 Å². The van der Waals surface area contributed by atoms with Crippen LogP contribution in [0.1, 0.15) is 37.6 Å². The molecular weight excluding hydrogens is 270 g/mol. The lowest BCUT2D eigenvalue weighted by Crippen LogP contribution is -2.48. The van der Waals surface area contributed by atoms with Gasteiger partial charge in [0.15, 0.2) is 0 Å². The smallest absolute Gasteiger partial charge is 0.251 e. The molecule has 6 heteroatoms. The zero-order chi connectivity index (χ0) is 16.0. The highest BCUT2D eigenvalue weighted by Gasteiger charge is 2.23. The van der Waals surface area contributed by atoms with Gasteiger partial charge >= 0.3 is 0 Å². The summed E-state index contributed by atoms with van der Waals surface area (Å²) in [5.74, 6) is -1.14. The van der Waals surface area contributed by atoms with Crippen LogP contribution in [0.2, 0.25) is 0 Å². The normalized spacial score (nSPS) is 13.1. The Balaban J connectivity index is 2.78. The zero-order valence-corrected chi connectivity index (χ0v) is 12.5. The van der Waals surface area contributed by atoms with Gasteiger partial charge in [0.05, 0.1) is 0 Å². The molecule has 1 aromatic carbocycles. The maximum Gasteiger partial charge on any atom is 0.251 e. The summed E-state index contributed by atoms with van der Waals surface area (Å²) in [5.41, 5.74) is 6.32. The summed E-state index contributed by atoms with van der Waals surface area (Å²) in [6.07, 6.45) is 0.732. The lowest BCUT2D eigenvalue weighted by Gasteiger charge is -2.21. The monoisotopic (exact) mass is 291 g/mol. The number of hydrogen-bond acceptors (Lipinski definition) is 3. The molecule has 1 rings (SSSR count). The largest absolute Gasteiger partial charge is 0.368 e. The number of hydrogen-bond donors (Lipinski definition) is 3. The number of nitrogens with two attached hydrogens (primary N) is 1. The molecule has 0 aliphatic carbocycles. The number of nitrogens with one attached hydrogen (secondary N) is 2. The van der Waals surface area contributed by atoms with Crippen molar-refractivity contribution in [1.29, 1.82) is 0 Å². The summed E-state index contributed by atoms with van der Waals surface area (Å²) in [4.78, 5) is 34.4. The van der Waals surface area contributed by atoms with E-state index in [9.17, 15) is 14.4 Å². The SMILES string of the molecule is CC[C@H](C)[C@@H](NC(=O)c1ccc(NC(C)=O)cc1)C(N)=O. The van der Waals surface area contributed by atoms with Crippen molar-refractivity contribution in [1.82, 2.24) is 5.32 Å². The highest BCUT2D eigenvalue weighted by Crippen LogP contribution is 2.12. The van der Waals surface area contributed by atoms with Crippen LogP contribution < -0.4 is 16.4 Å². The minimum absolute atomic E-state index is 0.0369. The number of amides is 3. The fourth-order valence-corrected chi connectivity index (χ4v) is 1.86. The average Bonchev–Trinajstić information content (AvgIpc) is 2.43. The van der Waals surface area contributed by atoms with Crippen LogP contribution in [0.15, 0.2) is 24.3 Å². The van der Waals surface area contributed by atoms with E-state index in [-0.39, 0.29) is 17.7 Å². The lowest BCUT2D eigenvalue weighted by atomic mass is 9.98. The summed E-state index contributed by atoms with van der Waals surface area (Å²) >= 11 is 0. The third kappa shape index (κ3) is 4.91. The van der Waals surface area contributed by atoms with Crippen LogP contribution in [-0.2, 0) is 9.59 Å². The number of carbonyl (C=O) groups excluding carboxylic acids is 3. The predicted octanol–water partition coefficient (Wildman–Crippen LogP) is 1.27. The Morgan fingerprint density at radius 2 is 1.76 bits per heavy atom. The molecule has 0 saturated carbocycles. The van der Waals surface area contributed by atoms with Crippen LogP contribution in [0.4, 0.5) is 5.69 Å². The van der Waals surface area contributed by atoms with Gasteiger partial charge < -0.3 is 16.4 Å². The minimum atomic E-state index is -0.697. The molecule has 21 heavy (non-hydrogen) atoms. The third-order valence-electron chi connectivity index (χ3n) is 3.27. The molecule has 0 aromatic heterocycles. The van der Waals surface area contributed by atoms with Gasteiger partial charge in [0, 0.05) is 18.2 Å². The molecule has 0 saturated heterocycles. The standard InChI is InChI=1S/C15H21N3O3/c1-4-9(2)13(14(16)20)18-15(21)11-5-7-12(8-6-11)17-10(3)19/h5-9,13H,4H2,1-3H3,(H2,16,20)(H,17,19)(H,18,21)/t9-,13+/m0/s1. The predicted molar refractivity (Wildman–Crippen MR) is 80.6 cm³/mol. The molecule has 6 nitrogen and oxygen atoms in total. The molecule has 0 bridgehead atoms. The van der Waals surface area contributed by atoms with E-state index in [1.165, 1.54) is 6.92 Å². The number of primary amides is 1. The first kappa shape index (κ1) is 16.7. The van der Waals surface area contributed by atoms with Gasteiger partial charge in [-0.25, -0.2) is 0 Å². The Bertz CT molecular complexity index is 525. The van der Waals surface area contributed by atoms with E-state index in [1.807, 2.05) is 13.8 Å². The maximum absolute atomic E-state index is 12.1. The lowest BCUT2D eigenvalue weighted by molar-refractivity contribution is -0.121. The molecule has 0 aliphatic rings. The second-order valence-electron chi connectivity index (χ2n) is 5.00. The molecule has 0 heterocycles. The molecule has 2 atom stereocenters. The molecule has 3 amide bonds. The van der Waals surface area contributed by atoms with Crippen molar-refractivity contribution in [3.8, 4) is 0 Å². The second-order valence-corrected chi connectivity index (χ2v) is 5.00. The highest BCUT2D eigenvalue weighted by molar-refractivity contribution is 5.98. The van der Waals surface area contributed by atoms with Crippen molar-refractivity contribution in [3.63, 3.8) is 0 Å². The number of anilines is 1. The van der Waals surface area contributed by atoms with Gasteiger partial charge in [-0.05, 0) is 30.2 Å². The van der Waals surface area contributed by atoms with Crippen molar-refractivity contribution in [3.05, 3.63) is 29.8 Å². The Kier molecular flexibility index (Phi) is 5.90. The fraction of sp³-hybridized carbons (Fsp3) is 0.400. The third-order valence-corrected chi connectivity index (χ3v) is 3.27. The van der Waals surface area contributed by atoms with Crippen LogP contribution in [0.25, 0.3) is 0 Å². The van der Waals surface area contributed by atoms with Gasteiger partial charge in [-0.15, -0.1) is 0 Å².